The van der Waals surface area contributed by atoms with E-state index in [2.05, 4.69) is 10.6 Å². The van der Waals surface area contributed by atoms with Gasteiger partial charge in [0.2, 0.25) is 5.91 Å². The molecule has 3 aromatic rings. The minimum atomic E-state index is -0.339. The van der Waals surface area contributed by atoms with Crippen LogP contribution in [0, 0.1) is 0 Å². The summed E-state index contributed by atoms with van der Waals surface area (Å²) in [5, 5.41) is 5.94. The van der Waals surface area contributed by atoms with E-state index in [1.807, 2.05) is 19.1 Å². The Balaban J connectivity index is 1.63. The van der Waals surface area contributed by atoms with Crippen molar-refractivity contribution in [2.45, 2.75) is 17.1 Å². The maximum absolute atomic E-state index is 12.8. The molecule has 0 radical (unpaired) electrons. The molecule has 0 aliphatic carbocycles. The molecule has 1 unspecified atom stereocenters. The van der Waals surface area contributed by atoms with Crippen LogP contribution in [0.2, 0.25) is 5.02 Å². The summed E-state index contributed by atoms with van der Waals surface area (Å²) in [6.45, 7) is 1.83. The third-order valence-corrected chi connectivity index (χ3v) is 5.89. The standard InChI is InChI=1S/C24H23ClN2O4S/c1-15(23(28)27-18-7-4-6-16(25)14-18)32-19-12-10-17(11-13-19)26-24(29)22-20(30-2)8-5-9-21(22)31-3/h4-15H,1-3H3,(H,26,29)(H,27,28). The zero-order valence-electron chi connectivity index (χ0n) is 17.8. The summed E-state index contributed by atoms with van der Waals surface area (Å²) >= 11 is 7.37. The van der Waals surface area contributed by atoms with Gasteiger partial charge in [0.1, 0.15) is 17.1 Å². The van der Waals surface area contributed by atoms with Crippen molar-refractivity contribution in [3.05, 3.63) is 77.3 Å². The third-order valence-electron chi connectivity index (χ3n) is 4.54. The first-order chi connectivity index (χ1) is 15.4. The van der Waals surface area contributed by atoms with Crippen LogP contribution in [0.4, 0.5) is 11.4 Å². The SMILES string of the molecule is COc1cccc(OC)c1C(=O)Nc1ccc(SC(C)C(=O)Nc2cccc(Cl)c2)cc1. The molecule has 0 fully saturated rings. The van der Waals surface area contributed by atoms with Crippen molar-refractivity contribution in [2.24, 2.45) is 0 Å². The van der Waals surface area contributed by atoms with Gasteiger partial charge in [-0.25, -0.2) is 0 Å². The van der Waals surface area contributed by atoms with Crippen LogP contribution in [0.5, 0.6) is 11.5 Å². The molecule has 166 valence electrons. The van der Waals surface area contributed by atoms with E-state index in [9.17, 15) is 9.59 Å². The van der Waals surface area contributed by atoms with Gasteiger partial charge in [0.25, 0.3) is 5.91 Å². The normalized spacial score (nSPS) is 11.4. The summed E-state index contributed by atoms with van der Waals surface area (Å²) in [7, 11) is 3.00. The molecule has 0 saturated carbocycles. The molecule has 32 heavy (non-hydrogen) atoms. The van der Waals surface area contributed by atoms with Gasteiger partial charge in [-0.2, -0.15) is 0 Å². The van der Waals surface area contributed by atoms with Crippen LogP contribution >= 0.6 is 23.4 Å². The molecule has 0 heterocycles. The first-order valence-electron chi connectivity index (χ1n) is 9.76. The van der Waals surface area contributed by atoms with Gasteiger partial charge in [0.05, 0.1) is 19.5 Å². The highest BCUT2D eigenvalue weighted by molar-refractivity contribution is 8.00. The molecule has 2 N–H and O–H groups in total. The predicted octanol–water partition coefficient (Wildman–Crippen LogP) is 5.73. The monoisotopic (exact) mass is 470 g/mol. The van der Waals surface area contributed by atoms with E-state index in [-0.39, 0.29) is 17.1 Å². The highest BCUT2D eigenvalue weighted by Gasteiger charge is 2.19. The summed E-state index contributed by atoms with van der Waals surface area (Å²) in [5.74, 6) is 0.383. The molecule has 3 rings (SSSR count). The number of amides is 2. The van der Waals surface area contributed by atoms with Crippen LogP contribution in [0.15, 0.2) is 71.6 Å². The molecular formula is C24H23ClN2O4S. The number of nitrogens with one attached hydrogen (secondary N) is 2. The Labute approximate surface area is 196 Å². The molecule has 8 heteroatoms. The average Bonchev–Trinajstić information content (AvgIpc) is 2.79. The van der Waals surface area contributed by atoms with Crippen molar-refractivity contribution >= 4 is 46.6 Å². The van der Waals surface area contributed by atoms with Crippen LogP contribution in [0.25, 0.3) is 0 Å². The lowest BCUT2D eigenvalue weighted by atomic mass is 10.1. The fourth-order valence-corrected chi connectivity index (χ4v) is 4.01. The van der Waals surface area contributed by atoms with Crippen LogP contribution in [0.3, 0.4) is 0 Å². The molecule has 0 bridgehead atoms. The van der Waals surface area contributed by atoms with E-state index in [1.54, 1.807) is 54.6 Å². The molecule has 6 nitrogen and oxygen atoms in total. The van der Waals surface area contributed by atoms with Crippen molar-refractivity contribution in [1.82, 2.24) is 0 Å². The third kappa shape index (κ3) is 5.96. The predicted molar refractivity (Wildman–Crippen MR) is 129 cm³/mol. The van der Waals surface area contributed by atoms with Crippen LogP contribution in [-0.2, 0) is 4.79 Å². The van der Waals surface area contributed by atoms with Gasteiger partial charge in [-0.05, 0) is 61.5 Å². The van der Waals surface area contributed by atoms with E-state index >= 15 is 0 Å². The van der Waals surface area contributed by atoms with E-state index in [0.717, 1.165) is 4.90 Å². The van der Waals surface area contributed by atoms with Crippen molar-refractivity contribution < 1.29 is 19.1 Å². The fraction of sp³-hybridized carbons (Fsp3) is 0.167. The number of thioether (sulfide) groups is 1. The number of hydrogen-bond acceptors (Lipinski definition) is 5. The largest absolute Gasteiger partial charge is 0.496 e. The Morgan fingerprint density at radius 1 is 0.875 bits per heavy atom. The smallest absolute Gasteiger partial charge is 0.263 e. The van der Waals surface area contributed by atoms with Crippen LogP contribution < -0.4 is 20.1 Å². The van der Waals surface area contributed by atoms with Crippen molar-refractivity contribution in [1.29, 1.82) is 0 Å². The summed E-state index contributed by atoms with van der Waals surface area (Å²) < 4.78 is 10.6. The Bertz CT molecular complexity index is 1080. The molecule has 0 spiro atoms. The first kappa shape index (κ1) is 23.5. The Hall–Kier alpha value is -3.16. The molecule has 0 aliphatic rings. The van der Waals surface area contributed by atoms with E-state index < -0.39 is 0 Å². The Morgan fingerprint density at radius 2 is 1.50 bits per heavy atom. The Kier molecular flexibility index (Phi) is 8.03. The Morgan fingerprint density at radius 3 is 2.09 bits per heavy atom. The maximum atomic E-state index is 12.8. The number of rotatable bonds is 8. The number of halogens is 1. The fourth-order valence-electron chi connectivity index (χ4n) is 2.95. The maximum Gasteiger partial charge on any atom is 0.263 e. The number of benzene rings is 3. The van der Waals surface area contributed by atoms with Gasteiger partial charge in [-0.1, -0.05) is 23.7 Å². The number of carbonyl (C=O) groups is 2. The summed E-state index contributed by atoms with van der Waals surface area (Å²) in [4.78, 5) is 26.1. The van der Waals surface area contributed by atoms with Crippen molar-refractivity contribution in [3.63, 3.8) is 0 Å². The number of carbonyl (C=O) groups excluding carboxylic acids is 2. The lowest BCUT2D eigenvalue weighted by molar-refractivity contribution is -0.115. The average molecular weight is 471 g/mol. The van der Waals surface area contributed by atoms with Crippen molar-refractivity contribution in [2.75, 3.05) is 24.9 Å². The van der Waals surface area contributed by atoms with E-state index in [1.165, 1.54) is 26.0 Å². The molecule has 3 aromatic carbocycles. The van der Waals surface area contributed by atoms with Gasteiger partial charge in [-0.3, -0.25) is 9.59 Å². The highest BCUT2D eigenvalue weighted by Crippen LogP contribution is 2.30. The van der Waals surface area contributed by atoms with Crippen LogP contribution in [-0.4, -0.2) is 31.3 Å². The molecule has 0 aliphatic heterocycles. The minimum absolute atomic E-state index is 0.127. The molecule has 0 saturated heterocycles. The molecule has 2 amide bonds. The number of methoxy groups -OCH3 is 2. The second kappa shape index (κ2) is 10.9. The minimum Gasteiger partial charge on any atom is -0.496 e. The zero-order chi connectivity index (χ0) is 23.1. The van der Waals surface area contributed by atoms with Crippen LogP contribution in [0.1, 0.15) is 17.3 Å². The second-order valence-corrected chi connectivity index (χ2v) is 8.63. The quantitative estimate of drug-likeness (QED) is 0.411. The molecule has 0 aromatic heterocycles. The van der Waals surface area contributed by atoms with Gasteiger partial charge in [0.15, 0.2) is 0 Å². The van der Waals surface area contributed by atoms with Crippen molar-refractivity contribution in [3.8, 4) is 11.5 Å². The summed E-state index contributed by atoms with van der Waals surface area (Å²) in [5.41, 5.74) is 1.59. The van der Waals surface area contributed by atoms with Gasteiger partial charge in [0, 0.05) is 21.3 Å². The zero-order valence-corrected chi connectivity index (χ0v) is 19.4. The van der Waals surface area contributed by atoms with E-state index in [4.69, 9.17) is 21.1 Å². The second-order valence-electron chi connectivity index (χ2n) is 6.78. The van der Waals surface area contributed by atoms with Gasteiger partial charge < -0.3 is 20.1 Å². The van der Waals surface area contributed by atoms with E-state index in [0.29, 0.717) is 33.5 Å². The summed E-state index contributed by atoms with van der Waals surface area (Å²) in [6.07, 6.45) is 0. The number of ether oxygens (including phenoxy) is 2. The lowest BCUT2D eigenvalue weighted by Crippen LogP contribution is -2.22. The molecular weight excluding hydrogens is 448 g/mol. The van der Waals surface area contributed by atoms with Gasteiger partial charge >= 0.3 is 0 Å². The number of anilines is 2. The first-order valence-corrected chi connectivity index (χ1v) is 11.0. The molecule has 1 atom stereocenters. The van der Waals surface area contributed by atoms with Gasteiger partial charge in [-0.15, -0.1) is 11.8 Å². The summed E-state index contributed by atoms with van der Waals surface area (Å²) in [6, 6.07) is 19.4. The number of hydrogen-bond donors (Lipinski definition) is 2. The lowest BCUT2D eigenvalue weighted by Gasteiger charge is -2.14. The highest BCUT2D eigenvalue weighted by atomic mass is 35.5. The topological polar surface area (TPSA) is 76.7 Å².